The van der Waals surface area contributed by atoms with Crippen LogP contribution in [0.2, 0.25) is 0 Å². The highest BCUT2D eigenvalue weighted by Crippen LogP contribution is 2.35. The number of nitrogens with one attached hydrogen (secondary N) is 1. The van der Waals surface area contributed by atoms with E-state index in [1.165, 1.54) is 32.7 Å². The molecule has 3 aliphatic rings. The third-order valence-corrected chi connectivity index (χ3v) is 7.55. The number of carbonyl (C=O) groups excluding carboxylic acids is 1. The Kier molecular flexibility index (Phi) is 5.43. The van der Waals surface area contributed by atoms with E-state index in [4.69, 9.17) is 0 Å². The smallest absolute Gasteiger partial charge is 0.169 e. The summed E-state index contributed by atoms with van der Waals surface area (Å²) in [4.78, 5) is 13.7. The molecule has 6 rings (SSSR count). The fraction of sp³-hybridized carbons (Fsp3) is 0.129. The topological polar surface area (TPSA) is 29.1 Å². The Balaban J connectivity index is 1.55. The largest absolute Gasteiger partial charge is 0.364 e. The Labute approximate surface area is 207 Å². The fourth-order valence-electron chi connectivity index (χ4n) is 5.44. The second kappa shape index (κ2) is 8.73. The highest BCUT2D eigenvalue weighted by molar-refractivity contribution is 9.10. The Hall–Kier alpha value is -3.43. The minimum atomic E-state index is -0.192. The van der Waals surface area contributed by atoms with E-state index >= 15 is 0 Å². The number of hydrogen-bond acceptors (Lipinski definition) is 2. The first-order chi connectivity index (χ1) is 16.7. The van der Waals surface area contributed by atoms with Crippen molar-refractivity contribution in [1.29, 1.82) is 0 Å². The second-order valence-electron chi connectivity index (χ2n) is 9.04. The van der Waals surface area contributed by atoms with Crippen molar-refractivity contribution in [3.63, 3.8) is 0 Å². The summed E-state index contributed by atoms with van der Waals surface area (Å²) in [5.74, 6) is 0.0956. The lowest BCUT2D eigenvalue weighted by atomic mass is 9.75. The number of halogens is 1. The van der Waals surface area contributed by atoms with Crippen molar-refractivity contribution < 1.29 is 4.79 Å². The maximum Gasteiger partial charge on any atom is 0.169 e. The first-order valence-corrected chi connectivity index (χ1v) is 12.5. The average molecular weight is 506 g/mol. The molecule has 2 unspecified atom stereocenters. The molecule has 2 atom stereocenters. The van der Waals surface area contributed by atoms with Crippen LogP contribution in [-0.2, 0) is 6.42 Å². The number of rotatable bonds is 3. The van der Waals surface area contributed by atoms with Gasteiger partial charge in [0.05, 0.1) is 0 Å². The molecule has 0 radical (unpaired) electrons. The molecular weight excluding hydrogens is 482 g/mol. The molecule has 0 bridgehead atoms. The molecule has 34 heavy (non-hydrogen) atoms. The molecule has 166 valence electrons. The fourth-order valence-corrected chi connectivity index (χ4v) is 5.84. The van der Waals surface area contributed by atoms with Gasteiger partial charge in [-0.2, -0.15) is 0 Å². The van der Waals surface area contributed by atoms with E-state index in [2.05, 4.69) is 81.9 Å². The number of allylic oxidation sites excluding steroid dienone is 5. The van der Waals surface area contributed by atoms with Gasteiger partial charge in [-0.05, 0) is 69.8 Å². The van der Waals surface area contributed by atoms with E-state index in [-0.39, 0.29) is 17.6 Å². The van der Waals surface area contributed by atoms with Gasteiger partial charge in [-0.15, -0.1) is 0 Å². The van der Waals surface area contributed by atoms with Crippen LogP contribution < -0.4 is 15.8 Å². The van der Waals surface area contributed by atoms with Gasteiger partial charge in [0.25, 0.3) is 0 Å². The van der Waals surface area contributed by atoms with Crippen molar-refractivity contribution in [3.05, 3.63) is 128 Å². The van der Waals surface area contributed by atoms with Crippen molar-refractivity contribution in [2.75, 3.05) is 0 Å². The Morgan fingerprint density at radius 3 is 2.74 bits per heavy atom. The van der Waals surface area contributed by atoms with Gasteiger partial charge in [-0.3, -0.25) is 4.79 Å². The molecule has 3 aromatic rings. The summed E-state index contributed by atoms with van der Waals surface area (Å²) in [6.45, 7) is 0. The van der Waals surface area contributed by atoms with Gasteiger partial charge in [0.2, 0.25) is 0 Å². The monoisotopic (exact) mass is 505 g/mol. The summed E-state index contributed by atoms with van der Waals surface area (Å²) in [6.07, 6.45) is 16.4. The second-order valence-corrected chi connectivity index (χ2v) is 9.96. The van der Waals surface area contributed by atoms with Crippen LogP contribution >= 0.6 is 15.9 Å². The lowest BCUT2D eigenvalue weighted by Crippen LogP contribution is -2.39. The molecule has 2 aliphatic carbocycles. The zero-order chi connectivity index (χ0) is 23.1. The lowest BCUT2D eigenvalue weighted by Gasteiger charge is -2.30. The van der Waals surface area contributed by atoms with Gasteiger partial charge in [0.15, 0.2) is 5.78 Å². The molecule has 0 aromatic heterocycles. The maximum atomic E-state index is 13.7. The van der Waals surface area contributed by atoms with Gasteiger partial charge in [0, 0.05) is 33.8 Å². The molecule has 0 saturated carbocycles. The standard InChI is InChI=1S/C31H24BrNO/c32-23-9-6-8-21(17-23)31(34)22-18-28-26-13-12-20-7-3-4-10-24(20)25(26)14-15-27(28)29(19-22)30-11-2-1-5-16-33-30/h1-11,13-18,22,29,33H,12,19H2. The van der Waals surface area contributed by atoms with Crippen molar-refractivity contribution in [1.82, 2.24) is 5.32 Å². The molecule has 1 aliphatic heterocycles. The zero-order valence-corrected chi connectivity index (χ0v) is 20.3. The summed E-state index contributed by atoms with van der Waals surface area (Å²) in [6, 6.07) is 20.9. The van der Waals surface area contributed by atoms with Gasteiger partial charge in [-0.25, -0.2) is 0 Å². The van der Waals surface area contributed by atoms with Crippen LogP contribution in [0.4, 0.5) is 0 Å². The van der Waals surface area contributed by atoms with E-state index in [0.717, 1.165) is 28.6 Å². The molecule has 0 fully saturated rings. The first kappa shape index (κ1) is 21.1. The number of carbonyl (C=O) groups is 1. The summed E-state index contributed by atoms with van der Waals surface area (Å²) >= 11 is 3.53. The van der Waals surface area contributed by atoms with E-state index in [1.807, 2.05) is 42.6 Å². The molecule has 1 heterocycles. The van der Waals surface area contributed by atoms with E-state index in [1.54, 1.807) is 0 Å². The van der Waals surface area contributed by atoms with Crippen LogP contribution in [0.5, 0.6) is 0 Å². The van der Waals surface area contributed by atoms with Crippen LogP contribution in [0.15, 0.2) is 101 Å². The zero-order valence-electron chi connectivity index (χ0n) is 18.7. The Morgan fingerprint density at radius 2 is 1.82 bits per heavy atom. The van der Waals surface area contributed by atoms with E-state index in [9.17, 15) is 4.79 Å². The van der Waals surface area contributed by atoms with Crippen LogP contribution in [0, 0.1) is 5.92 Å². The third kappa shape index (κ3) is 3.70. The van der Waals surface area contributed by atoms with E-state index < -0.39 is 0 Å². The molecular formula is C31H24BrNO. The highest BCUT2D eigenvalue weighted by Gasteiger charge is 2.31. The molecule has 3 aromatic carbocycles. The summed E-state index contributed by atoms with van der Waals surface area (Å²) < 4.78 is 0.928. The Morgan fingerprint density at radius 1 is 0.912 bits per heavy atom. The van der Waals surface area contributed by atoms with Crippen molar-refractivity contribution in [2.24, 2.45) is 5.92 Å². The summed E-state index contributed by atoms with van der Waals surface area (Å²) in [7, 11) is 0. The molecule has 0 saturated heterocycles. The SMILES string of the molecule is O=C(c1cccc(Br)c1)C1C=c2c(ccc3c2=CCc2ccccc2-3)C(C2=CC=CC=CN2)C1. The molecule has 2 nitrogen and oxygen atoms in total. The number of benzene rings is 3. The number of fused-ring (bicyclic) bond motifs is 5. The third-order valence-electron chi connectivity index (χ3n) is 7.05. The summed E-state index contributed by atoms with van der Waals surface area (Å²) in [5.41, 5.74) is 7.07. The minimum absolute atomic E-state index is 0.115. The number of hydrogen-bond donors (Lipinski definition) is 1. The average Bonchev–Trinajstić information content (AvgIpc) is 3.17. The molecule has 1 N–H and O–H groups in total. The van der Waals surface area contributed by atoms with Gasteiger partial charge in [-0.1, -0.05) is 88.8 Å². The van der Waals surface area contributed by atoms with Gasteiger partial charge >= 0.3 is 0 Å². The predicted molar refractivity (Wildman–Crippen MR) is 143 cm³/mol. The van der Waals surface area contributed by atoms with Crippen molar-refractivity contribution >= 4 is 33.9 Å². The van der Waals surface area contributed by atoms with Crippen LogP contribution in [0.25, 0.3) is 23.3 Å². The normalized spacial score (nSPS) is 19.9. The number of Topliss-reactive ketones (excluding diaryl/α,β-unsaturated/α-hetero) is 1. The minimum Gasteiger partial charge on any atom is -0.364 e. The van der Waals surface area contributed by atoms with Crippen LogP contribution in [0.1, 0.15) is 33.8 Å². The quantitative estimate of drug-likeness (QED) is 0.457. The molecule has 0 amide bonds. The first-order valence-electron chi connectivity index (χ1n) is 11.7. The van der Waals surface area contributed by atoms with Crippen molar-refractivity contribution in [3.8, 4) is 11.1 Å². The van der Waals surface area contributed by atoms with Gasteiger partial charge in [0.1, 0.15) is 0 Å². The molecule has 0 spiro atoms. The summed E-state index contributed by atoms with van der Waals surface area (Å²) in [5, 5.41) is 5.93. The van der Waals surface area contributed by atoms with E-state index in [0.29, 0.717) is 0 Å². The van der Waals surface area contributed by atoms with Gasteiger partial charge < -0.3 is 5.32 Å². The van der Waals surface area contributed by atoms with Crippen LogP contribution in [0.3, 0.4) is 0 Å². The Bertz CT molecular complexity index is 1530. The van der Waals surface area contributed by atoms with Crippen molar-refractivity contribution in [2.45, 2.75) is 18.8 Å². The highest BCUT2D eigenvalue weighted by atomic mass is 79.9. The predicted octanol–water partition coefficient (Wildman–Crippen LogP) is 5.78. The lowest BCUT2D eigenvalue weighted by molar-refractivity contribution is 0.0943. The molecule has 3 heteroatoms. The maximum absolute atomic E-state index is 13.7. The van der Waals surface area contributed by atoms with Crippen LogP contribution in [-0.4, -0.2) is 5.78 Å². The number of ketones is 1.